The van der Waals surface area contributed by atoms with E-state index in [2.05, 4.69) is 48.5 Å². The zero-order valence-electron chi connectivity index (χ0n) is 15.1. The van der Waals surface area contributed by atoms with Gasteiger partial charge in [-0.15, -0.1) is 0 Å². The number of furan rings is 1. The third kappa shape index (κ3) is 2.33. The van der Waals surface area contributed by atoms with Gasteiger partial charge in [-0.05, 0) is 25.0 Å². The van der Waals surface area contributed by atoms with E-state index in [4.69, 9.17) is 14.5 Å². The lowest BCUT2D eigenvalue weighted by atomic mass is 9.93. The molecular formula is C20H24N4O. The molecule has 0 saturated carbocycles. The second-order valence-electron chi connectivity index (χ2n) is 8.41. The summed E-state index contributed by atoms with van der Waals surface area (Å²) in [7, 11) is 0. The molecule has 0 aliphatic carbocycles. The van der Waals surface area contributed by atoms with Crippen molar-refractivity contribution in [3.8, 4) is 0 Å². The molecule has 0 unspecified atom stereocenters. The van der Waals surface area contributed by atoms with Crippen molar-refractivity contribution in [2.24, 2.45) is 0 Å². The lowest BCUT2D eigenvalue weighted by molar-refractivity contribution is 0.152. The van der Waals surface area contributed by atoms with Crippen LogP contribution in [0.1, 0.15) is 62.4 Å². The van der Waals surface area contributed by atoms with Gasteiger partial charge in [0.25, 0.3) is 0 Å². The highest BCUT2D eigenvalue weighted by Crippen LogP contribution is 2.44. The maximum absolute atomic E-state index is 5.58. The van der Waals surface area contributed by atoms with E-state index in [1.54, 1.807) is 6.26 Å². The van der Waals surface area contributed by atoms with E-state index in [0.717, 1.165) is 30.1 Å². The predicted octanol–water partition coefficient (Wildman–Crippen LogP) is 3.88. The molecule has 3 aromatic rings. The summed E-state index contributed by atoms with van der Waals surface area (Å²) in [5.41, 5.74) is 4.82. The summed E-state index contributed by atoms with van der Waals surface area (Å²) in [6, 6.07) is 7.17. The van der Waals surface area contributed by atoms with Crippen molar-refractivity contribution >= 4 is 5.65 Å². The van der Waals surface area contributed by atoms with Crippen LogP contribution in [0.2, 0.25) is 0 Å². The van der Waals surface area contributed by atoms with Crippen LogP contribution in [0.5, 0.6) is 0 Å². The minimum Gasteiger partial charge on any atom is -0.468 e. The standard InChI is InChI=1S/C20H24N4O/c1-20(2,3)18-10-19-21-11-15-16-7-6-13(9-17(15)24(19)22-18)23(16)12-14-5-4-8-25-14/h4-5,8,10-11,13,16H,6-7,9,12H2,1-3H3/t13-,16+/m1/s1. The van der Waals surface area contributed by atoms with Crippen LogP contribution in [0.25, 0.3) is 5.65 Å². The van der Waals surface area contributed by atoms with Crippen LogP contribution in [-0.2, 0) is 18.4 Å². The molecule has 0 aromatic carbocycles. The van der Waals surface area contributed by atoms with Gasteiger partial charge in [0.15, 0.2) is 5.65 Å². The van der Waals surface area contributed by atoms with Crippen LogP contribution in [-0.4, -0.2) is 25.5 Å². The number of rotatable bonds is 2. The van der Waals surface area contributed by atoms with E-state index >= 15 is 0 Å². The highest BCUT2D eigenvalue weighted by molar-refractivity contribution is 5.45. The van der Waals surface area contributed by atoms with E-state index in [-0.39, 0.29) is 5.41 Å². The lowest BCUT2D eigenvalue weighted by Crippen LogP contribution is -2.38. The zero-order valence-corrected chi connectivity index (χ0v) is 15.1. The molecule has 1 fully saturated rings. The average Bonchev–Trinajstić information content (AvgIpc) is 3.27. The quantitative estimate of drug-likeness (QED) is 0.712. The van der Waals surface area contributed by atoms with Gasteiger partial charge in [0.2, 0.25) is 0 Å². The Kier molecular flexibility index (Phi) is 3.14. The first-order valence-electron chi connectivity index (χ1n) is 9.17. The Morgan fingerprint density at radius 3 is 2.92 bits per heavy atom. The van der Waals surface area contributed by atoms with Gasteiger partial charge in [0.1, 0.15) is 5.76 Å². The Bertz CT molecular complexity index is 919. The third-order valence-electron chi connectivity index (χ3n) is 5.73. The maximum Gasteiger partial charge on any atom is 0.155 e. The van der Waals surface area contributed by atoms with Crippen molar-refractivity contribution in [1.29, 1.82) is 0 Å². The number of aromatic nitrogens is 3. The number of hydrogen-bond acceptors (Lipinski definition) is 4. The number of nitrogens with zero attached hydrogens (tertiary/aromatic N) is 4. The first-order chi connectivity index (χ1) is 12.0. The molecule has 2 aliphatic heterocycles. The van der Waals surface area contributed by atoms with Crippen LogP contribution in [0.3, 0.4) is 0 Å². The number of fused-ring (bicyclic) bond motifs is 6. The lowest BCUT2D eigenvalue weighted by Gasteiger charge is -2.35. The first-order valence-corrected chi connectivity index (χ1v) is 9.17. The van der Waals surface area contributed by atoms with Gasteiger partial charge in [0.05, 0.1) is 24.2 Å². The van der Waals surface area contributed by atoms with Gasteiger partial charge < -0.3 is 4.42 Å². The Morgan fingerprint density at radius 1 is 1.28 bits per heavy atom. The summed E-state index contributed by atoms with van der Waals surface area (Å²) in [5, 5.41) is 4.91. The molecule has 0 spiro atoms. The smallest absolute Gasteiger partial charge is 0.155 e. The SMILES string of the molecule is CC(C)(C)c1cc2ncc3c(n2n1)C[C@H]1CC[C@@H]3N1Cc1ccco1. The summed E-state index contributed by atoms with van der Waals surface area (Å²) < 4.78 is 7.69. The Labute approximate surface area is 147 Å². The molecule has 5 rings (SSSR count). The van der Waals surface area contributed by atoms with Crippen LogP contribution in [0.4, 0.5) is 0 Å². The molecule has 5 heterocycles. The van der Waals surface area contributed by atoms with E-state index in [1.807, 2.05) is 6.07 Å². The van der Waals surface area contributed by atoms with Gasteiger partial charge in [-0.1, -0.05) is 20.8 Å². The molecule has 2 aliphatic rings. The summed E-state index contributed by atoms with van der Waals surface area (Å²) >= 11 is 0. The van der Waals surface area contributed by atoms with E-state index in [1.165, 1.54) is 24.1 Å². The van der Waals surface area contributed by atoms with Crippen molar-refractivity contribution in [1.82, 2.24) is 19.5 Å². The normalized spacial score (nSPS) is 23.3. The van der Waals surface area contributed by atoms with Crippen molar-refractivity contribution in [3.05, 3.63) is 53.4 Å². The molecule has 25 heavy (non-hydrogen) atoms. The third-order valence-corrected chi connectivity index (χ3v) is 5.73. The van der Waals surface area contributed by atoms with Crippen LogP contribution >= 0.6 is 0 Å². The molecule has 0 amide bonds. The molecular weight excluding hydrogens is 312 g/mol. The van der Waals surface area contributed by atoms with Crippen LogP contribution in [0, 0.1) is 0 Å². The monoisotopic (exact) mass is 336 g/mol. The summed E-state index contributed by atoms with van der Waals surface area (Å²) in [5.74, 6) is 1.04. The minimum atomic E-state index is 0.0412. The molecule has 3 aromatic heterocycles. The van der Waals surface area contributed by atoms with E-state index < -0.39 is 0 Å². The molecule has 0 radical (unpaired) electrons. The molecule has 5 heteroatoms. The van der Waals surface area contributed by atoms with Crippen LogP contribution in [0.15, 0.2) is 35.1 Å². The highest BCUT2D eigenvalue weighted by atomic mass is 16.3. The zero-order chi connectivity index (χ0) is 17.2. The Morgan fingerprint density at radius 2 is 2.16 bits per heavy atom. The fraction of sp³-hybridized carbons (Fsp3) is 0.500. The minimum absolute atomic E-state index is 0.0412. The van der Waals surface area contributed by atoms with Gasteiger partial charge in [-0.3, -0.25) is 4.90 Å². The second kappa shape index (κ2) is 5.18. The largest absolute Gasteiger partial charge is 0.468 e. The fourth-order valence-electron chi connectivity index (χ4n) is 4.38. The maximum atomic E-state index is 5.58. The van der Waals surface area contributed by atoms with Crippen molar-refractivity contribution in [3.63, 3.8) is 0 Å². The summed E-state index contributed by atoms with van der Waals surface area (Å²) in [6.45, 7) is 7.49. The summed E-state index contributed by atoms with van der Waals surface area (Å²) in [4.78, 5) is 7.31. The topological polar surface area (TPSA) is 46.6 Å². The fourth-order valence-corrected chi connectivity index (χ4v) is 4.38. The van der Waals surface area contributed by atoms with E-state index in [9.17, 15) is 0 Å². The second-order valence-corrected chi connectivity index (χ2v) is 8.41. The first kappa shape index (κ1) is 15.1. The molecule has 2 bridgehead atoms. The van der Waals surface area contributed by atoms with Gasteiger partial charge in [-0.2, -0.15) is 5.10 Å². The van der Waals surface area contributed by atoms with Crippen molar-refractivity contribution in [2.75, 3.05) is 0 Å². The molecule has 1 saturated heterocycles. The Hall–Kier alpha value is -2.14. The number of hydrogen-bond donors (Lipinski definition) is 0. The van der Waals surface area contributed by atoms with Crippen molar-refractivity contribution in [2.45, 2.75) is 64.1 Å². The molecule has 5 nitrogen and oxygen atoms in total. The Balaban J connectivity index is 1.57. The van der Waals surface area contributed by atoms with Gasteiger partial charge in [0, 0.05) is 41.7 Å². The average molecular weight is 336 g/mol. The molecule has 2 atom stereocenters. The summed E-state index contributed by atoms with van der Waals surface area (Å²) in [6.07, 6.45) is 7.31. The predicted molar refractivity (Wildman–Crippen MR) is 95.4 cm³/mol. The van der Waals surface area contributed by atoms with E-state index in [0.29, 0.717) is 12.1 Å². The van der Waals surface area contributed by atoms with Gasteiger partial charge in [-0.25, -0.2) is 9.50 Å². The molecule has 0 N–H and O–H groups in total. The molecule has 130 valence electrons. The highest BCUT2D eigenvalue weighted by Gasteiger charge is 2.41. The van der Waals surface area contributed by atoms with Gasteiger partial charge >= 0.3 is 0 Å². The van der Waals surface area contributed by atoms with Crippen molar-refractivity contribution < 1.29 is 4.42 Å². The van der Waals surface area contributed by atoms with Crippen LogP contribution < -0.4 is 0 Å².